The Morgan fingerprint density at radius 3 is 2.59 bits per heavy atom. The summed E-state index contributed by atoms with van der Waals surface area (Å²) >= 11 is 0. The van der Waals surface area contributed by atoms with Crippen molar-refractivity contribution in [2.24, 2.45) is 0 Å². The minimum atomic E-state index is -0.477. The normalized spacial score (nSPS) is 15.1. The number of hydrogen-bond acceptors (Lipinski definition) is 6. The van der Waals surface area contributed by atoms with Gasteiger partial charge in [0, 0.05) is 18.6 Å². The molecule has 0 N–H and O–H groups in total. The summed E-state index contributed by atoms with van der Waals surface area (Å²) in [5.41, 5.74) is 1.02. The lowest BCUT2D eigenvalue weighted by Gasteiger charge is -2.23. The molecule has 2 aromatic heterocycles. The van der Waals surface area contributed by atoms with Gasteiger partial charge in [-0.15, -0.1) is 0 Å². The van der Waals surface area contributed by atoms with Gasteiger partial charge in [0.15, 0.2) is 0 Å². The lowest BCUT2D eigenvalue weighted by molar-refractivity contribution is -0.143. The fourth-order valence-electron chi connectivity index (χ4n) is 3.53. The molecule has 29 heavy (non-hydrogen) atoms. The van der Waals surface area contributed by atoms with Crippen molar-refractivity contribution in [2.75, 3.05) is 20.3 Å². The van der Waals surface area contributed by atoms with Gasteiger partial charge in [0.25, 0.3) is 11.5 Å². The lowest BCUT2D eigenvalue weighted by Crippen LogP contribution is -2.37. The topological polar surface area (TPSA) is 95.1 Å². The van der Waals surface area contributed by atoms with E-state index in [1.54, 1.807) is 29.6 Å². The van der Waals surface area contributed by atoms with Gasteiger partial charge in [-0.2, -0.15) is 9.61 Å². The zero-order valence-electron chi connectivity index (χ0n) is 17.8. The molecule has 0 saturated carbocycles. The summed E-state index contributed by atoms with van der Waals surface area (Å²) in [7, 11) is 1.56. The van der Waals surface area contributed by atoms with Crippen LogP contribution in [0.5, 0.6) is 0 Å². The Balaban J connectivity index is 2.23. The maximum Gasteiger partial charge on any atom is 0.326 e. The maximum atomic E-state index is 13.2. The molecule has 9 heteroatoms. The summed E-state index contributed by atoms with van der Waals surface area (Å²) in [5.74, 6) is -0.776. The van der Waals surface area contributed by atoms with Crippen LogP contribution < -0.4 is 5.56 Å². The number of hydrogen-bond donors (Lipinski definition) is 0. The van der Waals surface area contributed by atoms with Crippen LogP contribution in [0.15, 0.2) is 10.9 Å². The molecule has 0 fully saturated rings. The fraction of sp³-hybridized carbons (Fsp3) is 0.600. The van der Waals surface area contributed by atoms with Crippen molar-refractivity contribution < 1.29 is 19.1 Å². The molecule has 0 bridgehead atoms. The minimum Gasteiger partial charge on any atom is -0.465 e. The Morgan fingerprint density at radius 2 is 2.00 bits per heavy atom. The average Bonchev–Trinajstić information content (AvgIpc) is 3.22. The van der Waals surface area contributed by atoms with Crippen LogP contribution in [-0.2, 0) is 32.8 Å². The number of carbonyl (C=O) groups excluding carboxylic acids is 2. The van der Waals surface area contributed by atoms with Crippen LogP contribution in [0, 0.1) is 0 Å². The number of ether oxygens (including phenoxy) is 2. The minimum absolute atomic E-state index is 0.154. The predicted octanol–water partition coefficient (Wildman–Crippen LogP) is 1.35. The first-order valence-corrected chi connectivity index (χ1v) is 9.71. The number of esters is 1. The van der Waals surface area contributed by atoms with Gasteiger partial charge in [-0.1, -0.05) is 20.8 Å². The Labute approximate surface area is 169 Å². The molecule has 1 aliphatic rings. The van der Waals surface area contributed by atoms with E-state index in [1.807, 2.05) is 27.7 Å². The van der Waals surface area contributed by atoms with E-state index in [1.165, 1.54) is 4.52 Å². The Kier molecular flexibility index (Phi) is 5.53. The van der Waals surface area contributed by atoms with Crippen LogP contribution in [0.4, 0.5) is 0 Å². The molecule has 0 aromatic carbocycles. The third-order valence-electron chi connectivity index (χ3n) is 5.07. The zero-order valence-corrected chi connectivity index (χ0v) is 17.8. The van der Waals surface area contributed by atoms with Crippen LogP contribution in [0.2, 0.25) is 0 Å². The number of rotatable bonds is 6. The molecule has 1 atom stereocenters. The first-order valence-electron chi connectivity index (χ1n) is 9.71. The molecule has 2 aromatic rings. The molecule has 0 radical (unpaired) electrons. The molecule has 1 amide bonds. The molecule has 0 unspecified atom stereocenters. The highest BCUT2D eigenvalue weighted by Gasteiger charge is 2.37. The van der Waals surface area contributed by atoms with E-state index in [0.717, 1.165) is 0 Å². The number of fused-ring (bicyclic) bond motifs is 2. The van der Waals surface area contributed by atoms with E-state index in [9.17, 15) is 14.4 Å². The Hall–Kier alpha value is -2.68. The van der Waals surface area contributed by atoms with Gasteiger partial charge in [0.2, 0.25) is 0 Å². The van der Waals surface area contributed by atoms with E-state index in [4.69, 9.17) is 9.47 Å². The molecule has 9 nitrogen and oxygen atoms in total. The molecule has 0 saturated heterocycles. The van der Waals surface area contributed by atoms with Gasteiger partial charge in [0.1, 0.15) is 17.9 Å². The third-order valence-corrected chi connectivity index (χ3v) is 5.07. The zero-order chi connectivity index (χ0) is 21.5. The molecule has 3 rings (SSSR count). The van der Waals surface area contributed by atoms with Crippen molar-refractivity contribution in [3.05, 3.63) is 33.4 Å². The second kappa shape index (κ2) is 7.62. The van der Waals surface area contributed by atoms with Crippen molar-refractivity contribution in [1.29, 1.82) is 0 Å². The molecule has 0 spiro atoms. The second-order valence-electron chi connectivity index (χ2n) is 8.31. The highest BCUT2D eigenvalue weighted by Crippen LogP contribution is 2.27. The number of amides is 1. The standard InChI is InChI=1S/C20H28N4O5/c1-7-29-16(25)10-23-15-8-14(20(3,4)5)21-24(15)18(26)13-9-22(12(2)11-28-6)19(27)17(13)23/h8,12H,7,9-11H2,1-6H3/t12-/m1/s1. The van der Waals surface area contributed by atoms with Gasteiger partial charge in [0.05, 0.1) is 37.1 Å². The average molecular weight is 404 g/mol. The molecule has 1 aliphatic heterocycles. The molecular weight excluding hydrogens is 376 g/mol. The summed E-state index contributed by atoms with van der Waals surface area (Å²) in [4.78, 5) is 40.2. The van der Waals surface area contributed by atoms with Crippen LogP contribution in [0.1, 0.15) is 56.4 Å². The van der Waals surface area contributed by atoms with Gasteiger partial charge in [-0.25, -0.2) is 0 Å². The highest BCUT2D eigenvalue weighted by molar-refractivity contribution is 5.98. The van der Waals surface area contributed by atoms with Crippen molar-refractivity contribution >= 4 is 17.5 Å². The van der Waals surface area contributed by atoms with E-state index >= 15 is 0 Å². The Bertz CT molecular complexity index is 1010. The van der Waals surface area contributed by atoms with Gasteiger partial charge in [-0.05, 0) is 13.8 Å². The lowest BCUT2D eigenvalue weighted by atomic mass is 9.93. The largest absolute Gasteiger partial charge is 0.465 e. The Morgan fingerprint density at radius 1 is 1.31 bits per heavy atom. The highest BCUT2D eigenvalue weighted by atomic mass is 16.5. The number of methoxy groups -OCH3 is 1. The van der Waals surface area contributed by atoms with Crippen LogP contribution in [0.25, 0.3) is 5.65 Å². The van der Waals surface area contributed by atoms with Gasteiger partial charge < -0.3 is 18.9 Å². The van der Waals surface area contributed by atoms with E-state index in [0.29, 0.717) is 23.5 Å². The summed E-state index contributed by atoms with van der Waals surface area (Å²) in [5, 5.41) is 4.48. The van der Waals surface area contributed by atoms with Crippen LogP contribution in [0.3, 0.4) is 0 Å². The van der Waals surface area contributed by atoms with E-state index in [-0.39, 0.29) is 48.3 Å². The second-order valence-corrected chi connectivity index (χ2v) is 8.31. The monoisotopic (exact) mass is 404 g/mol. The molecule has 158 valence electrons. The summed E-state index contributed by atoms with van der Waals surface area (Å²) in [6.07, 6.45) is 0. The van der Waals surface area contributed by atoms with Crippen molar-refractivity contribution in [1.82, 2.24) is 19.1 Å². The first-order chi connectivity index (χ1) is 13.6. The molecule has 0 aliphatic carbocycles. The van der Waals surface area contributed by atoms with E-state index < -0.39 is 5.97 Å². The first kappa shape index (κ1) is 21.0. The van der Waals surface area contributed by atoms with Crippen molar-refractivity contribution in [3.8, 4) is 0 Å². The summed E-state index contributed by atoms with van der Waals surface area (Å²) in [6.45, 7) is 10.1. The quantitative estimate of drug-likeness (QED) is 0.675. The number of nitrogens with zero attached hydrogens (tertiary/aromatic N) is 4. The fourth-order valence-corrected chi connectivity index (χ4v) is 3.53. The molecular formula is C20H28N4O5. The van der Waals surface area contributed by atoms with E-state index in [2.05, 4.69) is 5.10 Å². The smallest absolute Gasteiger partial charge is 0.326 e. The summed E-state index contributed by atoms with van der Waals surface area (Å²) < 4.78 is 13.1. The van der Waals surface area contributed by atoms with Gasteiger partial charge >= 0.3 is 5.97 Å². The maximum absolute atomic E-state index is 13.2. The molecule has 3 heterocycles. The number of aromatic nitrogens is 3. The van der Waals surface area contributed by atoms with Gasteiger partial charge in [-0.3, -0.25) is 14.4 Å². The van der Waals surface area contributed by atoms with Crippen LogP contribution in [-0.4, -0.2) is 57.3 Å². The van der Waals surface area contributed by atoms with Crippen LogP contribution >= 0.6 is 0 Å². The SMILES string of the molecule is CCOC(=O)Cn1c2c(c(=O)n3nc(C(C)(C)C)cc13)CN([C@H](C)COC)C2=O. The predicted molar refractivity (Wildman–Crippen MR) is 106 cm³/mol. The number of carbonyl (C=O) groups is 2. The van der Waals surface area contributed by atoms with Crippen molar-refractivity contribution in [2.45, 2.75) is 59.2 Å². The summed E-state index contributed by atoms with van der Waals surface area (Å²) in [6, 6.07) is 1.54. The van der Waals surface area contributed by atoms with Crippen molar-refractivity contribution in [3.63, 3.8) is 0 Å². The third kappa shape index (κ3) is 3.66.